The maximum Gasteiger partial charge on any atom is 0.224 e. The number of nitrogens with two attached hydrogens (primary N) is 1. The topological polar surface area (TPSA) is 55.1 Å². The molecular weight excluding hydrogens is 248 g/mol. The molecular formula is C17H28N2O. The summed E-state index contributed by atoms with van der Waals surface area (Å²) in [6.45, 7) is 9.33. The molecule has 0 radical (unpaired) electrons. The molecule has 1 unspecified atom stereocenters. The quantitative estimate of drug-likeness (QED) is 0.832. The molecule has 3 N–H and O–H groups in total. The van der Waals surface area contributed by atoms with Gasteiger partial charge in [-0.1, -0.05) is 39.0 Å². The highest BCUT2D eigenvalue weighted by Crippen LogP contribution is 2.32. The predicted molar refractivity (Wildman–Crippen MR) is 85.7 cm³/mol. The molecule has 0 bridgehead atoms. The number of hydrogen-bond donors (Lipinski definition) is 2. The molecule has 0 aliphatic heterocycles. The van der Waals surface area contributed by atoms with Crippen LogP contribution in [0.25, 0.3) is 0 Å². The first-order chi connectivity index (χ1) is 9.34. The molecule has 1 rings (SSSR count). The van der Waals surface area contributed by atoms with Crippen molar-refractivity contribution in [1.82, 2.24) is 0 Å². The largest absolute Gasteiger partial charge is 0.330 e. The van der Waals surface area contributed by atoms with E-state index in [0.29, 0.717) is 18.9 Å². The number of nitrogens with one attached hydrogen (secondary N) is 1. The Morgan fingerprint density at radius 1 is 1.25 bits per heavy atom. The Bertz CT molecular complexity index is 435. The number of rotatable bonds is 6. The van der Waals surface area contributed by atoms with Crippen molar-refractivity contribution in [2.75, 3.05) is 11.9 Å². The third-order valence-electron chi connectivity index (χ3n) is 3.88. The van der Waals surface area contributed by atoms with Gasteiger partial charge >= 0.3 is 0 Å². The van der Waals surface area contributed by atoms with Gasteiger partial charge in [0.05, 0.1) is 0 Å². The molecule has 0 heterocycles. The lowest BCUT2D eigenvalue weighted by atomic mass is 9.76. The fourth-order valence-electron chi connectivity index (χ4n) is 2.44. The number of carbonyl (C=O) groups excluding carboxylic acids is 1. The number of amides is 1. The maximum absolute atomic E-state index is 12.1. The minimum absolute atomic E-state index is 0.0885. The van der Waals surface area contributed by atoms with E-state index in [2.05, 4.69) is 26.1 Å². The number of benzene rings is 1. The fourth-order valence-corrected chi connectivity index (χ4v) is 2.44. The maximum atomic E-state index is 12.1. The van der Waals surface area contributed by atoms with Gasteiger partial charge in [0.25, 0.3) is 0 Å². The van der Waals surface area contributed by atoms with Crippen LogP contribution in [0.5, 0.6) is 0 Å². The molecule has 1 aromatic rings. The van der Waals surface area contributed by atoms with E-state index in [9.17, 15) is 4.79 Å². The standard InChI is InChI=1S/C17H28N2O/c1-13-7-5-6-8-15(13)19-16(20)10-9-14(11-12-18)17(2,3)4/h5-8,14H,9-12,18H2,1-4H3,(H,19,20). The van der Waals surface area contributed by atoms with E-state index in [1.54, 1.807) is 0 Å². The van der Waals surface area contributed by atoms with Crippen molar-refractivity contribution in [3.8, 4) is 0 Å². The van der Waals surface area contributed by atoms with E-state index in [4.69, 9.17) is 5.73 Å². The Morgan fingerprint density at radius 3 is 2.45 bits per heavy atom. The molecule has 1 amide bonds. The number of carbonyl (C=O) groups is 1. The molecule has 0 saturated carbocycles. The predicted octanol–water partition coefficient (Wildman–Crippen LogP) is 3.72. The van der Waals surface area contributed by atoms with Gasteiger partial charge in [0.1, 0.15) is 0 Å². The summed E-state index contributed by atoms with van der Waals surface area (Å²) in [4.78, 5) is 12.1. The van der Waals surface area contributed by atoms with Crippen LogP contribution in [0.4, 0.5) is 5.69 Å². The Hall–Kier alpha value is -1.35. The monoisotopic (exact) mass is 276 g/mol. The van der Waals surface area contributed by atoms with Crippen LogP contribution < -0.4 is 11.1 Å². The molecule has 1 aromatic carbocycles. The molecule has 0 aromatic heterocycles. The van der Waals surface area contributed by atoms with Gasteiger partial charge in [-0.15, -0.1) is 0 Å². The van der Waals surface area contributed by atoms with E-state index < -0.39 is 0 Å². The van der Waals surface area contributed by atoms with Crippen LogP contribution in [-0.2, 0) is 4.79 Å². The normalized spacial score (nSPS) is 13.1. The minimum Gasteiger partial charge on any atom is -0.330 e. The van der Waals surface area contributed by atoms with Gasteiger partial charge in [0, 0.05) is 12.1 Å². The van der Waals surface area contributed by atoms with Crippen molar-refractivity contribution in [3.05, 3.63) is 29.8 Å². The average molecular weight is 276 g/mol. The van der Waals surface area contributed by atoms with Crippen LogP contribution in [-0.4, -0.2) is 12.5 Å². The lowest BCUT2D eigenvalue weighted by molar-refractivity contribution is -0.116. The number of para-hydroxylation sites is 1. The Morgan fingerprint density at radius 2 is 1.90 bits per heavy atom. The smallest absolute Gasteiger partial charge is 0.224 e. The van der Waals surface area contributed by atoms with Crippen LogP contribution >= 0.6 is 0 Å². The van der Waals surface area contributed by atoms with Gasteiger partial charge in [0.2, 0.25) is 5.91 Å². The summed E-state index contributed by atoms with van der Waals surface area (Å²) in [6.07, 6.45) is 2.41. The van der Waals surface area contributed by atoms with E-state index in [1.807, 2.05) is 31.2 Å². The molecule has 20 heavy (non-hydrogen) atoms. The van der Waals surface area contributed by atoms with Gasteiger partial charge in [-0.3, -0.25) is 4.79 Å². The Balaban J connectivity index is 2.52. The van der Waals surface area contributed by atoms with Crippen molar-refractivity contribution in [2.24, 2.45) is 17.1 Å². The highest BCUT2D eigenvalue weighted by atomic mass is 16.1. The zero-order valence-electron chi connectivity index (χ0n) is 13.2. The summed E-state index contributed by atoms with van der Waals surface area (Å²) in [6, 6.07) is 7.85. The van der Waals surface area contributed by atoms with Gasteiger partial charge in [-0.2, -0.15) is 0 Å². The third kappa shape index (κ3) is 5.33. The highest BCUT2D eigenvalue weighted by Gasteiger charge is 2.24. The number of aryl methyl sites for hydroxylation is 1. The van der Waals surface area contributed by atoms with Crippen LogP contribution in [0.3, 0.4) is 0 Å². The summed E-state index contributed by atoms with van der Waals surface area (Å²) >= 11 is 0. The van der Waals surface area contributed by atoms with Crippen molar-refractivity contribution in [3.63, 3.8) is 0 Å². The summed E-state index contributed by atoms with van der Waals surface area (Å²) in [5.74, 6) is 0.570. The first kappa shape index (κ1) is 16.7. The van der Waals surface area contributed by atoms with Crippen molar-refractivity contribution in [1.29, 1.82) is 0 Å². The summed E-state index contributed by atoms with van der Waals surface area (Å²) < 4.78 is 0. The molecule has 0 saturated heterocycles. The third-order valence-corrected chi connectivity index (χ3v) is 3.88. The molecule has 1 atom stereocenters. The molecule has 3 nitrogen and oxygen atoms in total. The number of anilines is 1. The van der Waals surface area contributed by atoms with Crippen LogP contribution in [0, 0.1) is 18.3 Å². The second kappa shape index (κ2) is 7.44. The first-order valence-corrected chi connectivity index (χ1v) is 7.40. The zero-order valence-corrected chi connectivity index (χ0v) is 13.2. The lowest BCUT2D eigenvalue weighted by Crippen LogP contribution is -2.25. The van der Waals surface area contributed by atoms with E-state index >= 15 is 0 Å². The van der Waals surface area contributed by atoms with Gasteiger partial charge < -0.3 is 11.1 Å². The Kier molecular flexibility index (Phi) is 6.21. The van der Waals surface area contributed by atoms with E-state index in [0.717, 1.165) is 24.1 Å². The average Bonchev–Trinajstić information content (AvgIpc) is 2.36. The number of hydrogen-bond acceptors (Lipinski definition) is 2. The second-order valence-electron chi connectivity index (χ2n) is 6.54. The lowest BCUT2D eigenvalue weighted by Gasteiger charge is -2.30. The summed E-state index contributed by atoms with van der Waals surface area (Å²) in [5.41, 5.74) is 7.87. The molecule has 0 spiro atoms. The summed E-state index contributed by atoms with van der Waals surface area (Å²) in [7, 11) is 0. The van der Waals surface area contributed by atoms with E-state index in [1.165, 1.54) is 0 Å². The minimum atomic E-state index is 0.0885. The zero-order chi connectivity index (χ0) is 15.2. The highest BCUT2D eigenvalue weighted by molar-refractivity contribution is 5.91. The fraction of sp³-hybridized carbons (Fsp3) is 0.588. The van der Waals surface area contributed by atoms with Crippen molar-refractivity contribution in [2.45, 2.75) is 47.0 Å². The van der Waals surface area contributed by atoms with Crippen molar-refractivity contribution < 1.29 is 4.79 Å². The molecule has 0 aliphatic rings. The van der Waals surface area contributed by atoms with Crippen LogP contribution in [0.1, 0.15) is 45.6 Å². The molecule has 3 heteroatoms. The Labute approximate surface area is 122 Å². The van der Waals surface area contributed by atoms with Crippen molar-refractivity contribution >= 4 is 11.6 Å². The molecule has 0 aliphatic carbocycles. The molecule has 112 valence electrons. The summed E-state index contributed by atoms with van der Waals surface area (Å²) in [5, 5.41) is 2.99. The first-order valence-electron chi connectivity index (χ1n) is 7.40. The second-order valence-corrected chi connectivity index (χ2v) is 6.54. The van der Waals surface area contributed by atoms with E-state index in [-0.39, 0.29) is 11.3 Å². The van der Waals surface area contributed by atoms with Gasteiger partial charge in [-0.05, 0) is 49.3 Å². The van der Waals surface area contributed by atoms with Crippen LogP contribution in [0.2, 0.25) is 0 Å². The van der Waals surface area contributed by atoms with Gasteiger partial charge in [0.15, 0.2) is 0 Å². The van der Waals surface area contributed by atoms with Crippen LogP contribution in [0.15, 0.2) is 24.3 Å². The SMILES string of the molecule is Cc1ccccc1NC(=O)CCC(CCN)C(C)(C)C. The molecule has 0 fully saturated rings. The van der Waals surface area contributed by atoms with Gasteiger partial charge in [-0.25, -0.2) is 0 Å².